The van der Waals surface area contributed by atoms with Crippen molar-refractivity contribution in [1.29, 1.82) is 0 Å². The number of rotatable bonds is 9. The summed E-state index contributed by atoms with van der Waals surface area (Å²) in [5, 5.41) is 11.1. The summed E-state index contributed by atoms with van der Waals surface area (Å²) < 4.78 is 9.94. The number of hydrogen-bond acceptors (Lipinski definition) is 4. The molecule has 0 saturated heterocycles. The van der Waals surface area contributed by atoms with Crippen LogP contribution >= 0.6 is 0 Å². The molecule has 1 atom stereocenters. The number of methoxy groups -OCH3 is 2. The zero-order valence-electron chi connectivity index (χ0n) is 11.1. The van der Waals surface area contributed by atoms with Crippen molar-refractivity contribution < 1.29 is 24.2 Å². The standard InChI is InChI=1S/C11H22N2O5/c1-9(8-18-3)13(6-7-17-2)11(16)12-5-4-10(14)15/h9H,4-8H2,1-3H3,(H,12,16)(H,14,15). The topological polar surface area (TPSA) is 88.1 Å². The van der Waals surface area contributed by atoms with Gasteiger partial charge in [0.25, 0.3) is 0 Å². The van der Waals surface area contributed by atoms with Gasteiger partial charge in [-0.1, -0.05) is 0 Å². The molecule has 106 valence electrons. The number of nitrogens with zero attached hydrogens (tertiary/aromatic N) is 1. The molecule has 0 aliphatic carbocycles. The summed E-state index contributed by atoms with van der Waals surface area (Å²) in [7, 11) is 3.12. The molecule has 0 bridgehead atoms. The number of amides is 2. The van der Waals surface area contributed by atoms with Gasteiger partial charge in [0.15, 0.2) is 0 Å². The second-order valence-electron chi connectivity index (χ2n) is 3.87. The van der Waals surface area contributed by atoms with Crippen molar-refractivity contribution in [3.8, 4) is 0 Å². The van der Waals surface area contributed by atoms with Crippen LogP contribution in [0.1, 0.15) is 13.3 Å². The number of ether oxygens (including phenoxy) is 2. The van der Waals surface area contributed by atoms with E-state index in [1.54, 1.807) is 19.1 Å². The van der Waals surface area contributed by atoms with E-state index in [2.05, 4.69) is 5.32 Å². The molecule has 0 aromatic heterocycles. The van der Waals surface area contributed by atoms with E-state index < -0.39 is 5.97 Å². The Hall–Kier alpha value is -1.34. The van der Waals surface area contributed by atoms with Crippen molar-refractivity contribution in [3.05, 3.63) is 0 Å². The van der Waals surface area contributed by atoms with Gasteiger partial charge in [-0.05, 0) is 6.92 Å². The van der Waals surface area contributed by atoms with E-state index in [-0.39, 0.29) is 25.0 Å². The van der Waals surface area contributed by atoms with E-state index in [4.69, 9.17) is 14.6 Å². The molecule has 0 heterocycles. The minimum atomic E-state index is -0.941. The Morgan fingerprint density at radius 1 is 1.33 bits per heavy atom. The summed E-state index contributed by atoms with van der Waals surface area (Å²) in [4.78, 5) is 23.8. The maximum atomic E-state index is 11.9. The van der Waals surface area contributed by atoms with Crippen molar-refractivity contribution in [2.45, 2.75) is 19.4 Å². The molecule has 7 heteroatoms. The van der Waals surface area contributed by atoms with Crippen LogP contribution < -0.4 is 5.32 Å². The van der Waals surface area contributed by atoms with E-state index in [0.29, 0.717) is 19.8 Å². The van der Waals surface area contributed by atoms with E-state index in [1.807, 2.05) is 6.92 Å². The zero-order chi connectivity index (χ0) is 14.0. The van der Waals surface area contributed by atoms with Gasteiger partial charge in [-0.2, -0.15) is 0 Å². The van der Waals surface area contributed by atoms with Crippen LogP contribution in [0.15, 0.2) is 0 Å². The predicted molar refractivity (Wildman–Crippen MR) is 65.6 cm³/mol. The maximum Gasteiger partial charge on any atom is 0.317 e. The van der Waals surface area contributed by atoms with Crippen LogP contribution in [0.5, 0.6) is 0 Å². The lowest BCUT2D eigenvalue weighted by atomic mass is 10.3. The molecule has 0 rings (SSSR count). The first-order valence-electron chi connectivity index (χ1n) is 5.77. The number of aliphatic carboxylic acids is 1. The Bertz CT molecular complexity index is 260. The zero-order valence-corrected chi connectivity index (χ0v) is 11.1. The molecule has 2 amide bonds. The van der Waals surface area contributed by atoms with Crippen LogP contribution in [-0.2, 0) is 14.3 Å². The Morgan fingerprint density at radius 2 is 2.00 bits per heavy atom. The molecule has 0 aliphatic rings. The SMILES string of the molecule is COCCN(C(=O)NCCC(=O)O)C(C)COC. The van der Waals surface area contributed by atoms with Gasteiger partial charge in [0.1, 0.15) is 0 Å². The number of carbonyl (C=O) groups excluding carboxylic acids is 1. The molecule has 0 saturated carbocycles. The molecule has 0 aromatic carbocycles. The number of carboxylic acids is 1. The molecular formula is C11H22N2O5. The van der Waals surface area contributed by atoms with Crippen molar-refractivity contribution in [2.24, 2.45) is 0 Å². The highest BCUT2D eigenvalue weighted by molar-refractivity contribution is 5.75. The molecule has 0 aromatic rings. The summed E-state index contributed by atoms with van der Waals surface area (Å²) in [5.74, 6) is -0.941. The highest BCUT2D eigenvalue weighted by Crippen LogP contribution is 2.00. The van der Waals surface area contributed by atoms with E-state index >= 15 is 0 Å². The monoisotopic (exact) mass is 262 g/mol. The number of carbonyl (C=O) groups is 2. The van der Waals surface area contributed by atoms with E-state index in [1.165, 1.54) is 0 Å². The highest BCUT2D eigenvalue weighted by Gasteiger charge is 2.19. The van der Waals surface area contributed by atoms with Crippen LogP contribution in [0.3, 0.4) is 0 Å². The Kier molecular flexibility index (Phi) is 8.95. The summed E-state index contributed by atoms with van der Waals surface area (Å²) >= 11 is 0. The number of carboxylic acid groups (broad SMARTS) is 1. The average molecular weight is 262 g/mol. The van der Waals surface area contributed by atoms with Crippen LogP contribution in [0, 0.1) is 0 Å². The highest BCUT2D eigenvalue weighted by atomic mass is 16.5. The molecule has 7 nitrogen and oxygen atoms in total. The number of hydrogen-bond donors (Lipinski definition) is 2. The van der Waals surface area contributed by atoms with Crippen molar-refractivity contribution in [3.63, 3.8) is 0 Å². The minimum absolute atomic E-state index is 0.0947. The lowest BCUT2D eigenvalue weighted by Crippen LogP contribution is -2.48. The third-order valence-electron chi connectivity index (χ3n) is 2.35. The molecular weight excluding hydrogens is 240 g/mol. The molecule has 1 unspecified atom stereocenters. The largest absolute Gasteiger partial charge is 0.481 e. The van der Waals surface area contributed by atoms with Crippen LogP contribution in [-0.4, -0.2) is 68.6 Å². The van der Waals surface area contributed by atoms with Gasteiger partial charge in [0.2, 0.25) is 0 Å². The fourth-order valence-corrected chi connectivity index (χ4v) is 1.42. The van der Waals surface area contributed by atoms with Crippen molar-refractivity contribution in [2.75, 3.05) is 40.5 Å². The van der Waals surface area contributed by atoms with E-state index in [0.717, 1.165) is 0 Å². The first-order valence-corrected chi connectivity index (χ1v) is 5.77. The van der Waals surface area contributed by atoms with Crippen LogP contribution in [0.4, 0.5) is 4.79 Å². The molecule has 18 heavy (non-hydrogen) atoms. The van der Waals surface area contributed by atoms with Gasteiger partial charge in [0, 0.05) is 27.3 Å². The molecule has 2 N–H and O–H groups in total. The molecule has 0 fully saturated rings. The first kappa shape index (κ1) is 16.7. The second-order valence-corrected chi connectivity index (χ2v) is 3.87. The quantitative estimate of drug-likeness (QED) is 0.617. The first-order chi connectivity index (χ1) is 8.52. The third-order valence-corrected chi connectivity index (χ3v) is 2.35. The lowest BCUT2D eigenvalue weighted by molar-refractivity contribution is -0.136. The predicted octanol–water partition coefficient (Wildman–Crippen LogP) is 0.154. The van der Waals surface area contributed by atoms with Gasteiger partial charge < -0.3 is 24.8 Å². The minimum Gasteiger partial charge on any atom is -0.481 e. The second kappa shape index (κ2) is 9.67. The Morgan fingerprint density at radius 3 is 2.50 bits per heavy atom. The van der Waals surface area contributed by atoms with Crippen LogP contribution in [0.25, 0.3) is 0 Å². The average Bonchev–Trinajstić information content (AvgIpc) is 2.29. The molecule has 0 spiro atoms. The summed E-state index contributed by atoms with van der Waals surface area (Å²) in [6.07, 6.45) is -0.0947. The molecule has 0 aliphatic heterocycles. The normalized spacial score (nSPS) is 11.9. The fourth-order valence-electron chi connectivity index (χ4n) is 1.42. The van der Waals surface area contributed by atoms with Crippen molar-refractivity contribution in [1.82, 2.24) is 10.2 Å². The van der Waals surface area contributed by atoms with Gasteiger partial charge in [0.05, 0.1) is 25.7 Å². The third kappa shape index (κ3) is 7.08. The number of nitrogens with one attached hydrogen (secondary N) is 1. The number of urea groups is 1. The Labute approximate surface area is 107 Å². The van der Waals surface area contributed by atoms with Gasteiger partial charge in [-0.3, -0.25) is 4.79 Å². The van der Waals surface area contributed by atoms with E-state index in [9.17, 15) is 9.59 Å². The van der Waals surface area contributed by atoms with Gasteiger partial charge >= 0.3 is 12.0 Å². The summed E-state index contributed by atoms with van der Waals surface area (Å²) in [5.41, 5.74) is 0. The van der Waals surface area contributed by atoms with Crippen LogP contribution in [0.2, 0.25) is 0 Å². The van der Waals surface area contributed by atoms with Crippen molar-refractivity contribution >= 4 is 12.0 Å². The lowest BCUT2D eigenvalue weighted by Gasteiger charge is -2.28. The summed E-state index contributed by atoms with van der Waals surface area (Å²) in [6.45, 7) is 3.23. The maximum absolute atomic E-state index is 11.9. The van der Waals surface area contributed by atoms with Gasteiger partial charge in [-0.25, -0.2) is 4.79 Å². The smallest absolute Gasteiger partial charge is 0.317 e. The molecule has 0 radical (unpaired) electrons. The fraction of sp³-hybridized carbons (Fsp3) is 0.818. The van der Waals surface area contributed by atoms with Gasteiger partial charge in [-0.15, -0.1) is 0 Å². The Balaban J connectivity index is 4.25. The summed E-state index contributed by atoms with van der Waals surface area (Å²) in [6, 6.07) is -0.409.